The molecule has 4 aromatic rings. The molecule has 0 saturated heterocycles. The summed E-state index contributed by atoms with van der Waals surface area (Å²) >= 11 is 7.11. The fourth-order valence-corrected chi connectivity index (χ4v) is 6.55. The van der Waals surface area contributed by atoms with Crippen molar-refractivity contribution in [2.75, 3.05) is 40.9 Å². The molecule has 3 aromatic carbocycles. The highest BCUT2D eigenvalue weighted by Crippen LogP contribution is 2.44. The molecule has 13 heteroatoms. The number of thiazole rings is 1. The zero-order valence-electron chi connectivity index (χ0n) is 25.5. The second-order valence-corrected chi connectivity index (χ2v) is 11.3. The predicted molar refractivity (Wildman–Crippen MR) is 176 cm³/mol. The van der Waals surface area contributed by atoms with Gasteiger partial charge in [0.15, 0.2) is 23.0 Å². The van der Waals surface area contributed by atoms with E-state index in [1.165, 1.54) is 35.5 Å². The number of carbonyl (C=O) groups excluding carboxylic acids is 2. The second kappa shape index (κ2) is 13.4. The number of hydrogen-bond donors (Lipinski definition) is 2. The van der Waals surface area contributed by atoms with Crippen molar-refractivity contribution in [1.82, 2.24) is 4.57 Å². The number of carbonyl (C=O) groups is 2. The lowest BCUT2D eigenvalue weighted by molar-refractivity contribution is -0.136. The van der Waals surface area contributed by atoms with Gasteiger partial charge in [-0.3, -0.25) is 14.2 Å². The number of nitrogens with two attached hydrogens (primary N) is 1. The Hall–Kier alpha value is -5.20. The van der Waals surface area contributed by atoms with Crippen LogP contribution in [-0.2, 0) is 14.3 Å². The third-order valence-corrected chi connectivity index (χ3v) is 8.71. The summed E-state index contributed by atoms with van der Waals surface area (Å²) in [4.78, 5) is 41.8. The Labute approximate surface area is 272 Å². The maximum atomic E-state index is 14.3. The van der Waals surface area contributed by atoms with Crippen LogP contribution in [0, 0.1) is 0 Å². The van der Waals surface area contributed by atoms with Crippen LogP contribution < -0.4 is 44.8 Å². The number of methoxy groups -OCH3 is 5. The minimum atomic E-state index is -1.13. The molecule has 1 unspecified atom stereocenters. The molecule has 1 aliphatic heterocycles. The number of hydrogen-bond acceptors (Lipinski definition) is 10. The number of nitrogens with one attached hydrogen (secondary N) is 1. The first-order chi connectivity index (χ1) is 22.2. The minimum absolute atomic E-state index is 0.0603. The van der Waals surface area contributed by atoms with Gasteiger partial charge in [0.1, 0.15) is 10.5 Å². The summed E-state index contributed by atoms with van der Waals surface area (Å²) in [6.45, 7) is 0. The summed E-state index contributed by atoms with van der Waals surface area (Å²) in [6, 6.07) is 16.8. The number of ether oxygens (including phenoxy) is 5. The van der Waals surface area contributed by atoms with E-state index in [-0.39, 0.29) is 31.9 Å². The molecule has 238 valence electrons. The summed E-state index contributed by atoms with van der Waals surface area (Å²) in [6.07, 6.45) is 1.64. The average Bonchev–Trinajstić information content (AvgIpc) is 3.39. The molecule has 46 heavy (non-hydrogen) atoms. The van der Waals surface area contributed by atoms with Gasteiger partial charge in [0.2, 0.25) is 0 Å². The zero-order chi connectivity index (χ0) is 33.1. The molecule has 0 radical (unpaired) electrons. The van der Waals surface area contributed by atoms with Crippen molar-refractivity contribution < 1.29 is 33.3 Å². The molecule has 11 nitrogen and oxygen atoms in total. The number of esters is 1. The van der Waals surface area contributed by atoms with Gasteiger partial charge in [0.05, 0.1) is 57.1 Å². The number of fused-ring (bicyclic) bond motifs is 1. The van der Waals surface area contributed by atoms with Crippen LogP contribution in [0.4, 0.5) is 5.69 Å². The molecule has 0 aliphatic carbocycles. The van der Waals surface area contributed by atoms with Crippen molar-refractivity contribution in [3.8, 4) is 23.0 Å². The Bertz CT molecular complexity index is 2050. The lowest BCUT2D eigenvalue weighted by Crippen LogP contribution is -2.42. The highest BCUT2D eigenvalue weighted by molar-refractivity contribution is 7.07. The molecule has 1 aromatic heterocycles. The van der Waals surface area contributed by atoms with Crippen LogP contribution in [-0.4, -0.2) is 52.0 Å². The standard InChI is InChI=1S/C33H30ClN3O8S/c1-41-21-14-9-17(15-23(21)43-3)16-24-31(39)37-29(35)26(33(40)45-5)25(20-7-6-8-22(42-2)28(20)44-4)27(32(37)46-24)30(38)36-19-12-10-18(34)11-13-19/h6-16,25H,35H2,1-5H3,(H,36,38)/b24-16-. The number of para-hydroxylation sites is 1. The molecular formula is C33H30ClN3O8S. The zero-order valence-corrected chi connectivity index (χ0v) is 27.1. The summed E-state index contributed by atoms with van der Waals surface area (Å²) in [5.41, 5.74) is 7.49. The first kappa shape index (κ1) is 32.2. The summed E-state index contributed by atoms with van der Waals surface area (Å²) < 4.78 is 28.8. The third-order valence-electron chi connectivity index (χ3n) is 7.35. The van der Waals surface area contributed by atoms with E-state index in [4.69, 9.17) is 41.0 Å². The van der Waals surface area contributed by atoms with Crippen LogP contribution in [0.2, 0.25) is 5.02 Å². The van der Waals surface area contributed by atoms with Gasteiger partial charge >= 0.3 is 5.97 Å². The number of benzene rings is 3. The van der Waals surface area contributed by atoms with Gasteiger partial charge in [-0.1, -0.05) is 29.8 Å². The topological polar surface area (TPSA) is 140 Å². The van der Waals surface area contributed by atoms with E-state index >= 15 is 0 Å². The quantitative estimate of drug-likeness (QED) is 0.258. The number of aromatic nitrogens is 1. The molecule has 0 fully saturated rings. The van der Waals surface area contributed by atoms with Gasteiger partial charge in [0.25, 0.3) is 11.5 Å². The molecule has 2 heterocycles. The van der Waals surface area contributed by atoms with Gasteiger partial charge in [-0.15, -0.1) is 11.3 Å². The van der Waals surface area contributed by atoms with Crippen molar-refractivity contribution in [2.24, 2.45) is 5.73 Å². The van der Waals surface area contributed by atoms with Gasteiger partial charge < -0.3 is 34.7 Å². The van der Waals surface area contributed by atoms with Crippen molar-refractivity contribution in [3.63, 3.8) is 0 Å². The summed E-state index contributed by atoms with van der Waals surface area (Å²) in [7, 11) is 7.14. The number of nitrogens with zero attached hydrogens (tertiary/aromatic N) is 1. The normalized spacial score (nSPS) is 14.4. The Kier molecular flexibility index (Phi) is 9.40. The smallest absolute Gasteiger partial charge is 0.338 e. The Morgan fingerprint density at radius 1 is 0.891 bits per heavy atom. The molecule has 3 N–H and O–H groups in total. The average molecular weight is 664 g/mol. The fraction of sp³-hybridized carbons (Fsp3) is 0.182. The number of halogens is 1. The predicted octanol–water partition coefficient (Wildman–Crippen LogP) is 3.31. The molecule has 1 amide bonds. The van der Waals surface area contributed by atoms with Gasteiger partial charge in [-0.2, -0.15) is 0 Å². The molecule has 1 aliphatic rings. The van der Waals surface area contributed by atoms with E-state index in [9.17, 15) is 14.4 Å². The first-order valence-electron chi connectivity index (χ1n) is 13.7. The van der Waals surface area contributed by atoms with Gasteiger partial charge in [0, 0.05) is 16.3 Å². The lowest BCUT2D eigenvalue weighted by Gasteiger charge is -2.28. The highest BCUT2D eigenvalue weighted by atomic mass is 35.5. The van der Waals surface area contributed by atoms with Crippen molar-refractivity contribution in [3.05, 3.63) is 102 Å². The number of rotatable bonds is 9. The van der Waals surface area contributed by atoms with Crippen LogP contribution in [0.5, 0.6) is 23.0 Å². The largest absolute Gasteiger partial charge is 0.493 e. The molecule has 5 rings (SSSR count). The molecule has 0 spiro atoms. The third kappa shape index (κ3) is 5.80. The van der Waals surface area contributed by atoms with Crippen molar-refractivity contribution >= 4 is 58.0 Å². The van der Waals surface area contributed by atoms with E-state index in [0.29, 0.717) is 39.1 Å². The van der Waals surface area contributed by atoms with Gasteiger partial charge in [-0.05, 0) is 54.1 Å². The minimum Gasteiger partial charge on any atom is -0.493 e. The van der Waals surface area contributed by atoms with E-state index in [0.717, 1.165) is 15.9 Å². The monoisotopic (exact) mass is 663 g/mol. The second-order valence-electron chi connectivity index (χ2n) is 9.85. The van der Waals surface area contributed by atoms with E-state index in [2.05, 4.69) is 5.32 Å². The Balaban J connectivity index is 1.87. The highest BCUT2D eigenvalue weighted by Gasteiger charge is 2.41. The van der Waals surface area contributed by atoms with Crippen LogP contribution in [0.3, 0.4) is 0 Å². The van der Waals surface area contributed by atoms with Crippen molar-refractivity contribution in [1.29, 1.82) is 0 Å². The van der Waals surface area contributed by atoms with E-state index < -0.39 is 23.4 Å². The SMILES string of the molecule is COC(=O)C1=C(N)n2c(s/c(=C\c3ccc(OC)c(OC)c3)c2=O)=C(C(=O)Nc2ccc(Cl)cc2)C1c1cccc(OC)c1OC. The maximum absolute atomic E-state index is 14.3. The number of anilines is 1. The molecular weight excluding hydrogens is 634 g/mol. The molecule has 0 saturated carbocycles. The Morgan fingerprint density at radius 3 is 2.22 bits per heavy atom. The van der Waals surface area contributed by atoms with E-state index in [1.807, 2.05) is 0 Å². The summed E-state index contributed by atoms with van der Waals surface area (Å²) in [5, 5.41) is 3.35. The molecule has 0 bridgehead atoms. The first-order valence-corrected chi connectivity index (χ1v) is 14.9. The lowest BCUT2D eigenvalue weighted by atomic mass is 9.82. The van der Waals surface area contributed by atoms with E-state index in [1.54, 1.807) is 66.7 Å². The number of amides is 1. The van der Waals surface area contributed by atoms with Crippen LogP contribution >= 0.6 is 22.9 Å². The van der Waals surface area contributed by atoms with Gasteiger partial charge in [-0.25, -0.2) is 4.79 Å². The van der Waals surface area contributed by atoms with Crippen LogP contribution in [0.25, 0.3) is 17.5 Å². The van der Waals surface area contributed by atoms with Crippen molar-refractivity contribution in [2.45, 2.75) is 5.92 Å². The molecule has 1 atom stereocenters. The fourth-order valence-electron chi connectivity index (χ4n) is 5.25. The Morgan fingerprint density at radius 2 is 1.59 bits per heavy atom. The van der Waals surface area contributed by atoms with Crippen LogP contribution in [0.15, 0.2) is 71.0 Å². The van der Waals surface area contributed by atoms with Crippen LogP contribution in [0.1, 0.15) is 17.0 Å². The maximum Gasteiger partial charge on any atom is 0.338 e. The summed E-state index contributed by atoms with van der Waals surface area (Å²) in [5.74, 6) is -1.14.